The van der Waals surface area contributed by atoms with Crippen molar-refractivity contribution in [3.05, 3.63) is 24.3 Å². The van der Waals surface area contributed by atoms with Crippen LogP contribution in [0.5, 0.6) is 0 Å². The second kappa shape index (κ2) is 49.0. The summed E-state index contributed by atoms with van der Waals surface area (Å²) in [7, 11) is 1.27. The molecule has 0 aliphatic carbocycles. The van der Waals surface area contributed by atoms with E-state index in [4.69, 9.17) is 9.05 Å². The number of phosphoric acid groups is 1. The largest absolute Gasteiger partial charge is 0.756 e. The lowest BCUT2D eigenvalue weighted by molar-refractivity contribution is -0.870. The maximum Gasteiger partial charge on any atom is 0.268 e. The smallest absolute Gasteiger partial charge is 0.268 e. The summed E-state index contributed by atoms with van der Waals surface area (Å²) < 4.78 is 23.3. The van der Waals surface area contributed by atoms with Gasteiger partial charge in [-0.3, -0.25) is 9.36 Å². The average Bonchev–Trinajstić information content (AvgIpc) is 3.28. The highest BCUT2D eigenvalue weighted by Gasteiger charge is 2.23. The van der Waals surface area contributed by atoms with Gasteiger partial charge >= 0.3 is 0 Å². The number of amides is 1. The van der Waals surface area contributed by atoms with E-state index in [1.807, 2.05) is 27.2 Å². The normalized spacial score (nSPS) is 14.1. The van der Waals surface area contributed by atoms with E-state index in [1.165, 1.54) is 225 Å². The molecule has 3 atom stereocenters. The van der Waals surface area contributed by atoms with Crippen LogP contribution in [-0.2, 0) is 18.4 Å². The van der Waals surface area contributed by atoms with E-state index in [0.29, 0.717) is 17.4 Å². The topological polar surface area (TPSA) is 108 Å². The summed E-state index contributed by atoms with van der Waals surface area (Å²) in [6.45, 7) is 4.68. The SMILES string of the molecule is CCCCCCCCCCCCCC/C=C\CCCCCCCCCCCCCCC(=O)NC(COP(=O)([O-])OCC[N+](C)(C)C)C(O)/C=C/CCCCCCCCCCCCCCCC. The van der Waals surface area contributed by atoms with Gasteiger partial charge in [0, 0.05) is 6.42 Å². The van der Waals surface area contributed by atoms with Crippen LogP contribution in [0.3, 0.4) is 0 Å². The molecule has 0 aliphatic rings. The second-order valence-electron chi connectivity index (χ2n) is 21.0. The predicted molar refractivity (Wildman–Crippen MR) is 284 cm³/mol. The number of rotatable bonds is 53. The molecule has 0 aliphatic heterocycles. The molecule has 66 heavy (non-hydrogen) atoms. The van der Waals surface area contributed by atoms with Crippen LogP contribution < -0.4 is 10.2 Å². The lowest BCUT2D eigenvalue weighted by atomic mass is 10.0. The van der Waals surface area contributed by atoms with Crippen molar-refractivity contribution in [2.45, 2.75) is 296 Å². The van der Waals surface area contributed by atoms with Crippen molar-refractivity contribution in [2.75, 3.05) is 40.9 Å². The van der Waals surface area contributed by atoms with Gasteiger partial charge in [0.2, 0.25) is 5.91 Å². The molecule has 392 valence electrons. The van der Waals surface area contributed by atoms with Crippen molar-refractivity contribution in [3.63, 3.8) is 0 Å². The summed E-state index contributed by atoms with van der Waals surface area (Å²) >= 11 is 0. The Morgan fingerprint density at radius 1 is 0.515 bits per heavy atom. The minimum Gasteiger partial charge on any atom is -0.756 e. The second-order valence-corrected chi connectivity index (χ2v) is 22.4. The zero-order valence-corrected chi connectivity index (χ0v) is 45.6. The van der Waals surface area contributed by atoms with Crippen LogP contribution in [0.2, 0.25) is 0 Å². The van der Waals surface area contributed by atoms with Gasteiger partial charge in [0.15, 0.2) is 0 Å². The van der Waals surface area contributed by atoms with Crippen molar-refractivity contribution in [1.29, 1.82) is 0 Å². The molecule has 0 radical (unpaired) electrons. The van der Waals surface area contributed by atoms with Gasteiger partial charge in [-0.2, -0.15) is 0 Å². The molecule has 0 fully saturated rings. The molecular weight excluding hydrogens is 840 g/mol. The van der Waals surface area contributed by atoms with Gasteiger partial charge < -0.3 is 28.8 Å². The summed E-state index contributed by atoms with van der Waals surface area (Å²) in [5.41, 5.74) is 0. The number of hydrogen-bond acceptors (Lipinski definition) is 6. The van der Waals surface area contributed by atoms with E-state index in [-0.39, 0.29) is 19.1 Å². The number of carbonyl (C=O) groups excluding carboxylic acids is 1. The Labute approximate surface area is 411 Å². The Hall–Kier alpha value is -1.02. The van der Waals surface area contributed by atoms with Gasteiger partial charge in [-0.15, -0.1) is 0 Å². The summed E-state index contributed by atoms with van der Waals surface area (Å²) in [6.07, 6.45) is 61.1. The van der Waals surface area contributed by atoms with E-state index < -0.39 is 20.0 Å². The highest BCUT2D eigenvalue weighted by molar-refractivity contribution is 7.45. The third-order valence-electron chi connectivity index (χ3n) is 13.2. The summed E-state index contributed by atoms with van der Waals surface area (Å²) in [5, 5.41) is 13.9. The van der Waals surface area contributed by atoms with Gasteiger partial charge in [-0.25, -0.2) is 0 Å². The molecule has 8 nitrogen and oxygen atoms in total. The molecule has 0 spiro atoms. The molecule has 1 amide bonds. The van der Waals surface area contributed by atoms with E-state index in [0.717, 1.165) is 38.5 Å². The van der Waals surface area contributed by atoms with Crippen LogP contribution in [0.15, 0.2) is 24.3 Å². The highest BCUT2D eigenvalue weighted by atomic mass is 31.2. The van der Waals surface area contributed by atoms with Crippen molar-refractivity contribution in [3.8, 4) is 0 Å². The van der Waals surface area contributed by atoms with Crippen molar-refractivity contribution in [1.82, 2.24) is 5.32 Å². The molecule has 3 unspecified atom stereocenters. The molecule has 2 N–H and O–H groups in total. The van der Waals surface area contributed by atoms with E-state index in [9.17, 15) is 19.4 Å². The number of aliphatic hydroxyl groups excluding tert-OH is 1. The van der Waals surface area contributed by atoms with Crippen LogP contribution >= 0.6 is 7.82 Å². The van der Waals surface area contributed by atoms with E-state index >= 15 is 0 Å². The molecule has 0 aromatic carbocycles. The van der Waals surface area contributed by atoms with Crippen LogP contribution in [-0.4, -0.2) is 68.5 Å². The first-order valence-electron chi connectivity index (χ1n) is 28.7. The molecule has 9 heteroatoms. The first kappa shape index (κ1) is 65.0. The fraction of sp³-hybridized carbons (Fsp3) is 0.912. The maximum absolute atomic E-state index is 13.0. The van der Waals surface area contributed by atoms with Crippen LogP contribution in [0, 0.1) is 0 Å². The molecule has 0 bridgehead atoms. The molecular formula is C57H113N2O6P. The fourth-order valence-electron chi connectivity index (χ4n) is 8.62. The van der Waals surface area contributed by atoms with Gasteiger partial charge in [0.05, 0.1) is 39.9 Å². The van der Waals surface area contributed by atoms with E-state index in [2.05, 4.69) is 31.3 Å². The minimum absolute atomic E-state index is 0.000771. The third-order valence-corrected chi connectivity index (χ3v) is 14.1. The van der Waals surface area contributed by atoms with Gasteiger partial charge in [0.1, 0.15) is 13.2 Å². The Morgan fingerprint density at radius 3 is 1.18 bits per heavy atom. The first-order valence-corrected chi connectivity index (χ1v) is 30.2. The number of quaternary nitrogens is 1. The maximum atomic E-state index is 13.0. The molecule has 0 aromatic heterocycles. The lowest BCUT2D eigenvalue weighted by Gasteiger charge is -2.29. The number of unbranched alkanes of at least 4 members (excludes halogenated alkanes) is 38. The summed E-state index contributed by atoms with van der Waals surface area (Å²) in [4.78, 5) is 25.5. The van der Waals surface area contributed by atoms with Crippen LogP contribution in [0.25, 0.3) is 0 Å². The number of nitrogens with zero attached hydrogens (tertiary/aromatic N) is 1. The lowest BCUT2D eigenvalue weighted by Crippen LogP contribution is -2.45. The van der Waals surface area contributed by atoms with Crippen molar-refractivity contribution in [2.24, 2.45) is 0 Å². The Balaban J connectivity index is 4.13. The average molecular weight is 954 g/mol. The Morgan fingerprint density at radius 2 is 0.833 bits per heavy atom. The monoisotopic (exact) mass is 953 g/mol. The fourth-order valence-corrected chi connectivity index (χ4v) is 9.34. The number of likely N-dealkylation sites (N-methyl/N-ethyl adjacent to an activating group) is 1. The van der Waals surface area contributed by atoms with Crippen molar-refractivity contribution < 1.29 is 32.9 Å². The van der Waals surface area contributed by atoms with Gasteiger partial charge in [-0.1, -0.05) is 256 Å². The number of allylic oxidation sites excluding steroid dienone is 3. The first-order chi connectivity index (χ1) is 32.0. The molecule has 0 saturated heterocycles. The van der Waals surface area contributed by atoms with Gasteiger partial charge in [0.25, 0.3) is 7.82 Å². The zero-order valence-electron chi connectivity index (χ0n) is 44.7. The van der Waals surface area contributed by atoms with Crippen molar-refractivity contribution >= 4 is 13.7 Å². The number of nitrogens with one attached hydrogen (secondary N) is 1. The highest BCUT2D eigenvalue weighted by Crippen LogP contribution is 2.38. The number of phosphoric ester groups is 1. The summed E-state index contributed by atoms with van der Waals surface area (Å²) in [5.74, 6) is -0.194. The Kier molecular flexibility index (Phi) is 48.2. The molecule has 0 aromatic rings. The Bertz CT molecular complexity index is 1130. The van der Waals surface area contributed by atoms with E-state index in [1.54, 1.807) is 6.08 Å². The number of carbonyl (C=O) groups is 1. The number of aliphatic hydroxyl groups is 1. The number of hydrogen-bond donors (Lipinski definition) is 2. The molecule has 0 saturated carbocycles. The quantitative estimate of drug-likeness (QED) is 0.0272. The zero-order chi connectivity index (χ0) is 48.5. The standard InChI is InChI=1S/C57H113N2O6P/c1-6-8-10-12-14-16-18-20-22-24-25-26-27-28-29-30-31-32-33-34-35-37-39-41-43-45-47-49-51-57(61)58-55(54-65-66(62,63)64-53-52-59(3,4)5)56(60)50-48-46-44-42-40-38-36-23-21-19-17-15-13-11-9-7-2/h28-29,48,50,55-56,60H,6-27,30-47,49,51-54H2,1-5H3,(H-,58,61,62,63)/b29-28-,50-48+. The minimum atomic E-state index is -4.59. The van der Waals surface area contributed by atoms with Gasteiger partial charge in [-0.05, 0) is 44.9 Å². The molecule has 0 rings (SSSR count). The molecule has 0 heterocycles. The van der Waals surface area contributed by atoms with Crippen LogP contribution in [0.4, 0.5) is 0 Å². The third kappa shape index (κ3) is 50.8. The van der Waals surface area contributed by atoms with Crippen LogP contribution in [0.1, 0.15) is 284 Å². The predicted octanol–water partition coefficient (Wildman–Crippen LogP) is 16.6. The summed E-state index contributed by atoms with van der Waals surface area (Å²) in [6, 6.07) is -0.884.